The second kappa shape index (κ2) is 25.5. The fraction of sp³-hybridized carbons (Fsp3) is 1.00. The third kappa shape index (κ3) is 12.2. The summed E-state index contributed by atoms with van der Waals surface area (Å²) in [5.41, 5.74) is 0. The van der Waals surface area contributed by atoms with Crippen molar-refractivity contribution in [1.29, 1.82) is 0 Å². The first-order valence-electron chi connectivity index (χ1n) is 22.3. The van der Waals surface area contributed by atoms with E-state index in [4.69, 9.17) is 66.3 Å². The first-order valence-corrected chi connectivity index (χ1v) is 22.3. The highest BCUT2D eigenvalue weighted by Gasteiger charge is 2.57. The number of hydrogen-bond donors (Lipinski definition) is 17. The van der Waals surface area contributed by atoms with E-state index in [1.165, 1.54) is 21.3 Å². The van der Waals surface area contributed by atoms with Crippen LogP contribution >= 0.6 is 0 Å². The molecule has 17 N–H and O–H groups in total. The molecule has 6 saturated heterocycles. The van der Waals surface area contributed by atoms with Crippen molar-refractivity contribution in [3.8, 4) is 0 Å². The zero-order valence-corrected chi connectivity index (χ0v) is 37.9. The molecule has 0 radical (unpaired) electrons. The molecule has 0 aromatic heterocycles. The molecule has 0 aromatic carbocycles. The van der Waals surface area contributed by atoms with Crippen LogP contribution in [-0.2, 0) is 66.3 Å². The summed E-state index contributed by atoms with van der Waals surface area (Å²) in [5, 5.41) is 182. The van der Waals surface area contributed by atoms with Gasteiger partial charge in [0.1, 0.15) is 146 Å². The molecule has 31 heteroatoms. The summed E-state index contributed by atoms with van der Waals surface area (Å²) < 4.78 is 77.7. The lowest BCUT2D eigenvalue weighted by atomic mass is 9.95. The van der Waals surface area contributed by atoms with Gasteiger partial charge in [0.2, 0.25) is 0 Å². The fourth-order valence-electron chi connectivity index (χ4n) is 8.98. The summed E-state index contributed by atoms with van der Waals surface area (Å²) in [5.74, 6) is 0. The molecule has 0 aliphatic carbocycles. The topological polar surface area (TPSA) is 473 Å². The minimum absolute atomic E-state index is 0.246. The van der Waals surface area contributed by atoms with Crippen molar-refractivity contribution in [3.63, 3.8) is 0 Å². The Morgan fingerprint density at radius 3 is 0.829 bits per heavy atom. The third-order valence-corrected chi connectivity index (χ3v) is 12.9. The molecular formula is C39H68O31. The van der Waals surface area contributed by atoms with Gasteiger partial charge in [0.25, 0.3) is 0 Å². The van der Waals surface area contributed by atoms with Crippen molar-refractivity contribution < 1.29 is 153 Å². The Balaban J connectivity index is 1.09. The van der Waals surface area contributed by atoms with Crippen LogP contribution in [-0.4, -0.2) is 332 Å². The van der Waals surface area contributed by atoms with Gasteiger partial charge in [-0.25, -0.2) is 0 Å². The van der Waals surface area contributed by atoms with Crippen LogP contribution < -0.4 is 0 Å². The standard InChI is InChI=1S/C39H68O31/c1-57-7-13-16(43)17(44)24(51)35(63-13)67-30-11(5-41)61-36(25(52)19(30)46)70-33-15(9-59-3)65-39(28(55)22(33)49)68-31-12(6-42)62-37(26(53)20(31)47)69-32-14(8-58-2)64-38(27(54)21(32)48)66-29-10(4-40)60-34(56)23(50)18(29)45/h10-56H,4-9H2,1-3H3/t10-,11-,12-,13-,14-,15-,16-,17+,18-,19-,20-,21-,22-,23-,24-,25-,26-,27-,28-,29-,30-,31-,32-,33-,34?,35-,36-,37-,38-,39-/m1/s1. The molecule has 0 saturated carbocycles. The van der Waals surface area contributed by atoms with Gasteiger partial charge >= 0.3 is 0 Å². The molecule has 6 heterocycles. The van der Waals surface area contributed by atoms with E-state index in [2.05, 4.69) is 0 Å². The Morgan fingerprint density at radius 2 is 0.514 bits per heavy atom. The average Bonchev–Trinajstić information content (AvgIpc) is 3.34. The fourth-order valence-corrected chi connectivity index (χ4v) is 8.98. The summed E-state index contributed by atoms with van der Waals surface area (Å²) in [6.45, 7) is -3.76. The Kier molecular flexibility index (Phi) is 21.2. The van der Waals surface area contributed by atoms with Gasteiger partial charge in [0.15, 0.2) is 37.7 Å². The first-order chi connectivity index (χ1) is 33.3. The number of aliphatic hydroxyl groups is 17. The van der Waals surface area contributed by atoms with Gasteiger partial charge in [-0.1, -0.05) is 0 Å². The monoisotopic (exact) mass is 1030 g/mol. The summed E-state index contributed by atoms with van der Waals surface area (Å²) in [4.78, 5) is 0. The zero-order chi connectivity index (χ0) is 51.5. The molecule has 70 heavy (non-hydrogen) atoms. The van der Waals surface area contributed by atoms with E-state index in [-0.39, 0.29) is 6.61 Å². The number of methoxy groups -OCH3 is 3. The predicted octanol–water partition coefficient (Wildman–Crippen LogP) is -12.1. The van der Waals surface area contributed by atoms with Gasteiger partial charge < -0.3 is 153 Å². The van der Waals surface area contributed by atoms with E-state index in [0.717, 1.165) is 0 Å². The van der Waals surface area contributed by atoms with Gasteiger partial charge in [-0.3, -0.25) is 0 Å². The van der Waals surface area contributed by atoms with Gasteiger partial charge in [0.05, 0.1) is 39.6 Å². The van der Waals surface area contributed by atoms with Gasteiger partial charge in [-0.15, -0.1) is 0 Å². The minimum Gasteiger partial charge on any atom is -0.394 e. The molecule has 6 rings (SSSR count). The van der Waals surface area contributed by atoms with E-state index in [1.807, 2.05) is 0 Å². The highest BCUT2D eigenvalue weighted by atomic mass is 16.8. The summed E-state index contributed by atoms with van der Waals surface area (Å²) in [6.07, 6.45) is -53.6. The molecule has 31 nitrogen and oxygen atoms in total. The maximum absolute atomic E-state index is 11.4. The minimum atomic E-state index is -2.10. The molecule has 410 valence electrons. The van der Waals surface area contributed by atoms with Crippen LogP contribution in [0.15, 0.2) is 0 Å². The Labute approximate surface area is 398 Å². The summed E-state index contributed by atoms with van der Waals surface area (Å²) in [6, 6.07) is 0. The van der Waals surface area contributed by atoms with Gasteiger partial charge in [0, 0.05) is 21.3 Å². The van der Waals surface area contributed by atoms with E-state index < -0.39 is 217 Å². The van der Waals surface area contributed by atoms with Crippen molar-refractivity contribution in [2.75, 3.05) is 61.0 Å². The lowest BCUT2D eigenvalue weighted by Gasteiger charge is -2.50. The van der Waals surface area contributed by atoms with E-state index in [9.17, 15) is 86.8 Å². The molecule has 6 fully saturated rings. The Bertz CT molecular complexity index is 1560. The van der Waals surface area contributed by atoms with E-state index >= 15 is 0 Å². The summed E-state index contributed by atoms with van der Waals surface area (Å²) >= 11 is 0. The van der Waals surface area contributed by atoms with Crippen molar-refractivity contribution in [1.82, 2.24) is 0 Å². The second-order valence-electron chi connectivity index (χ2n) is 17.6. The van der Waals surface area contributed by atoms with Gasteiger partial charge in [-0.05, 0) is 0 Å². The molecule has 0 aromatic rings. The molecule has 0 amide bonds. The molecule has 6 aliphatic heterocycles. The van der Waals surface area contributed by atoms with Crippen molar-refractivity contribution >= 4 is 0 Å². The number of hydrogen-bond acceptors (Lipinski definition) is 31. The maximum Gasteiger partial charge on any atom is 0.187 e. The average molecular weight is 1030 g/mol. The quantitative estimate of drug-likeness (QED) is 0.0571. The van der Waals surface area contributed by atoms with E-state index in [1.54, 1.807) is 0 Å². The summed E-state index contributed by atoms with van der Waals surface area (Å²) in [7, 11) is 3.73. The third-order valence-electron chi connectivity index (χ3n) is 12.9. The normalized spacial score (nSPS) is 51.6. The van der Waals surface area contributed by atoms with Crippen LogP contribution in [0.1, 0.15) is 0 Å². The van der Waals surface area contributed by atoms with Crippen LogP contribution in [0.5, 0.6) is 0 Å². The lowest BCUT2D eigenvalue weighted by Crippen LogP contribution is -2.68. The molecule has 30 atom stereocenters. The molecule has 0 spiro atoms. The number of ether oxygens (including phenoxy) is 14. The van der Waals surface area contributed by atoms with Crippen LogP contribution in [0.25, 0.3) is 0 Å². The first kappa shape index (κ1) is 58.0. The smallest absolute Gasteiger partial charge is 0.187 e. The Hall–Kier alpha value is -1.24. The van der Waals surface area contributed by atoms with E-state index in [0.29, 0.717) is 0 Å². The molecule has 0 bridgehead atoms. The van der Waals surface area contributed by atoms with Crippen LogP contribution in [0, 0.1) is 0 Å². The maximum atomic E-state index is 11.4. The largest absolute Gasteiger partial charge is 0.394 e. The van der Waals surface area contributed by atoms with Crippen molar-refractivity contribution in [2.45, 2.75) is 184 Å². The van der Waals surface area contributed by atoms with Crippen molar-refractivity contribution in [2.24, 2.45) is 0 Å². The van der Waals surface area contributed by atoms with Crippen LogP contribution in [0.3, 0.4) is 0 Å². The molecule has 6 aliphatic rings. The number of aliphatic hydroxyl groups excluding tert-OH is 17. The lowest BCUT2D eigenvalue weighted by molar-refractivity contribution is -0.396. The highest BCUT2D eigenvalue weighted by Crippen LogP contribution is 2.37. The second-order valence-corrected chi connectivity index (χ2v) is 17.6. The SMILES string of the molecule is COC[C@H]1O[C@H](O[C@H]2[C@H](O)[C@@H](O)[C@@H](O[C@H]3[C@H](O)[C@@H](O)[C@@H](O[C@H]4[C@H](O)[C@@H](O)[C@@H](O[C@H]5[C@H](O)[C@@H](O)[C@@H](O[C@H]6[C@H](O)[C@@H](O)C(O)O[C@@H]6CO)O[C@@H]5COC)O[C@@H]4CO)O[C@@H]3COC)O[C@@H]2CO)[C@H](O)[C@@H](O)[C@@H]1O. The highest BCUT2D eigenvalue weighted by molar-refractivity contribution is 5.00. The van der Waals surface area contributed by atoms with Crippen LogP contribution in [0.4, 0.5) is 0 Å². The van der Waals surface area contributed by atoms with Gasteiger partial charge in [-0.2, -0.15) is 0 Å². The number of rotatable bonds is 19. The zero-order valence-electron chi connectivity index (χ0n) is 37.9. The predicted molar refractivity (Wildman–Crippen MR) is 214 cm³/mol. The molecular weight excluding hydrogens is 964 g/mol. The Morgan fingerprint density at radius 1 is 0.271 bits per heavy atom. The van der Waals surface area contributed by atoms with Crippen LogP contribution in [0.2, 0.25) is 0 Å². The van der Waals surface area contributed by atoms with Crippen molar-refractivity contribution in [3.05, 3.63) is 0 Å². The molecule has 1 unspecified atom stereocenters.